The van der Waals surface area contributed by atoms with Crippen LogP contribution in [0.15, 0.2) is 29.0 Å². The maximum Gasteiger partial charge on any atom is 0.417 e. The van der Waals surface area contributed by atoms with Crippen molar-refractivity contribution in [2.45, 2.75) is 6.18 Å². The van der Waals surface area contributed by atoms with E-state index >= 15 is 0 Å². The third-order valence-corrected chi connectivity index (χ3v) is 3.07. The molecule has 90 valence electrons. The van der Waals surface area contributed by atoms with Gasteiger partial charge in [-0.1, -0.05) is 15.9 Å². The van der Waals surface area contributed by atoms with Crippen molar-refractivity contribution in [3.05, 3.63) is 39.3 Å². The molecule has 0 bridgehead atoms. The third-order valence-electron chi connectivity index (χ3n) is 2.09. The van der Waals surface area contributed by atoms with E-state index < -0.39 is 11.7 Å². The van der Waals surface area contributed by atoms with E-state index in [1.807, 2.05) is 0 Å². The van der Waals surface area contributed by atoms with E-state index in [0.29, 0.717) is 5.69 Å². The summed E-state index contributed by atoms with van der Waals surface area (Å²) in [5.41, 5.74) is -0.447. The number of halogens is 4. The van der Waals surface area contributed by atoms with Gasteiger partial charge in [0.1, 0.15) is 6.33 Å². The zero-order valence-electron chi connectivity index (χ0n) is 8.12. The number of hydrogen-bond acceptors (Lipinski definition) is 2. The number of rotatable bonds is 1. The summed E-state index contributed by atoms with van der Waals surface area (Å²) in [5.74, 6) is 0. The molecule has 17 heavy (non-hydrogen) atoms. The van der Waals surface area contributed by atoms with Gasteiger partial charge in [-0.05, 0) is 30.4 Å². The van der Waals surface area contributed by atoms with E-state index in [1.54, 1.807) is 0 Å². The molecule has 0 aliphatic heterocycles. The highest BCUT2D eigenvalue weighted by atomic mass is 79.9. The van der Waals surface area contributed by atoms with Crippen molar-refractivity contribution < 1.29 is 13.2 Å². The maximum absolute atomic E-state index is 12.7. The molecule has 3 nitrogen and oxygen atoms in total. The van der Waals surface area contributed by atoms with Gasteiger partial charge < -0.3 is 0 Å². The van der Waals surface area contributed by atoms with E-state index in [-0.39, 0.29) is 9.24 Å². The van der Waals surface area contributed by atoms with Crippen molar-refractivity contribution in [1.29, 1.82) is 0 Å². The summed E-state index contributed by atoms with van der Waals surface area (Å²) in [6, 6.07) is 3.85. The topological polar surface area (TPSA) is 33.6 Å². The van der Waals surface area contributed by atoms with Crippen LogP contribution in [-0.2, 0) is 6.18 Å². The van der Waals surface area contributed by atoms with Crippen LogP contribution in [0.2, 0.25) is 0 Å². The van der Waals surface area contributed by atoms with Crippen molar-refractivity contribution in [1.82, 2.24) is 14.8 Å². The van der Waals surface area contributed by atoms with E-state index in [2.05, 4.69) is 26.1 Å². The first-order chi connectivity index (χ1) is 7.89. The van der Waals surface area contributed by atoms with Crippen LogP contribution >= 0.6 is 28.1 Å². The van der Waals surface area contributed by atoms with Crippen LogP contribution in [0.25, 0.3) is 5.69 Å². The molecule has 0 spiro atoms. The molecule has 1 N–H and O–H groups in total. The fraction of sp³-hybridized carbons (Fsp3) is 0.111. The first kappa shape index (κ1) is 12.3. The number of aromatic amines is 1. The van der Waals surface area contributed by atoms with Crippen LogP contribution in [0.4, 0.5) is 13.2 Å². The lowest BCUT2D eigenvalue weighted by atomic mass is 10.2. The first-order valence-electron chi connectivity index (χ1n) is 4.39. The second-order valence-electron chi connectivity index (χ2n) is 3.19. The average Bonchev–Trinajstić information content (AvgIpc) is 2.63. The third kappa shape index (κ3) is 2.42. The van der Waals surface area contributed by atoms with Crippen molar-refractivity contribution in [3.63, 3.8) is 0 Å². The van der Waals surface area contributed by atoms with Crippen LogP contribution < -0.4 is 0 Å². The molecule has 0 radical (unpaired) electrons. The molecule has 0 aliphatic rings. The quantitative estimate of drug-likeness (QED) is 0.812. The van der Waals surface area contributed by atoms with Crippen LogP contribution in [0, 0.1) is 4.77 Å². The van der Waals surface area contributed by atoms with Crippen molar-refractivity contribution in [2.75, 3.05) is 0 Å². The molecule has 0 unspecified atom stereocenters. The molecule has 0 amide bonds. The predicted molar refractivity (Wildman–Crippen MR) is 61.5 cm³/mol. The summed E-state index contributed by atoms with van der Waals surface area (Å²) in [7, 11) is 0. The maximum atomic E-state index is 12.7. The molecule has 1 heterocycles. The minimum atomic E-state index is -4.42. The minimum absolute atomic E-state index is 0.0104. The lowest BCUT2D eigenvalue weighted by Gasteiger charge is -2.11. The lowest BCUT2D eigenvalue weighted by Crippen LogP contribution is -2.07. The second-order valence-corrected chi connectivity index (χ2v) is 4.43. The molecule has 0 fully saturated rings. The highest BCUT2D eigenvalue weighted by Crippen LogP contribution is 2.35. The van der Waals surface area contributed by atoms with Crippen LogP contribution in [0.3, 0.4) is 0 Å². The number of aromatic nitrogens is 3. The first-order valence-corrected chi connectivity index (χ1v) is 5.59. The molecule has 0 atom stereocenters. The van der Waals surface area contributed by atoms with Crippen LogP contribution in [-0.4, -0.2) is 14.8 Å². The summed E-state index contributed by atoms with van der Waals surface area (Å²) in [6.07, 6.45) is -3.09. The lowest BCUT2D eigenvalue weighted by molar-refractivity contribution is -0.138. The zero-order chi connectivity index (χ0) is 12.6. The van der Waals surface area contributed by atoms with E-state index in [1.165, 1.54) is 23.0 Å². The van der Waals surface area contributed by atoms with Gasteiger partial charge in [0, 0.05) is 4.47 Å². The molecular weight excluding hydrogens is 319 g/mol. The van der Waals surface area contributed by atoms with E-state index in [0.717, 1.165) is 6.07 Å². The van der Waals surface area contributed by atoms with Gasteiger partial charge in [-0.3, -0.25) is 9.67 Å². The summed E-state index contributed by atoms with van der Waals surface area (Å²) in [6.45, 7) is 0. The summed E-state index contributed by atoms with van der Waals surface area (Å²) in [4.78, 5) is 0. The largest absolute Gasteiger partial charge is 0.417 e. The molecule has 0 saturated carbocycles. The van der Waals surface area contributed by atoms with Gasteiger partial charge in [-0.15, -0.1) is 0 Å². The molecule has 2 rings (SSSR count). The Labute approximate surface area is 107 Å². The molecule has 0 saturated heterocycles. The van der Waals surface area contributed by atoms with Gasteiger partial charge in [0.15, 0.2) is 4.77 Å². The Morgan fingerprint density at radius 1 is 1.35 bits per heavy atom. The van der Waals surface area contributed by atoms with Gasteiger partial charge in [-0.2, -0.15) is 18.3 Å². The Bertz CT molecular complexity index is 602. The fourth-order valence-electron chi connectivity index (χ4n) is 1.31. The van der Waals surface area contributed by atoms with Gasteiger partial charge >= 0.3 is 6.18 Å². The minimum Gasteiger partial charge on any atom is -0.275 e. The fourth-order valence-corrected chi connectivity index (χ4v) is 1.99. The standard InChI is InChI=1S/C9H5BrF3N3S/c10-7-2-1-5(3-6(7)9(11,12)13)16-4-14-15-8(16)17/h1-4H,(H,15,17). The average molecular weight is 324 g/mol. The normalized spacial score (nSPS) is 11.8. The highest BCUT2D eigenvalue weighted by molar-refractivity contribution is 9.10. The Kier molecular flexibility index (Phi) is 3.09. The van der Waals surface area contributed by atoms with Gasteiger partial charge in [0.25, 0.3) is 0 Å². The number of hydrogen-bond donors (Lipinski definition) is 1. The number of alkyl halides is 3. The molecule has 1 aromatic heterocycles. The number of nitrogens with one attached hydrogen (secondary N) is 1. The molecular formula is C9H5BrF3N3S. The molecule has 1 aromatic carbocycles. The van der Waals surface area contributed by atoms with E-state index in [9.17, 15) is 13.2 Å². The predicted octanol–water partition coefficient (Wildman–Crippen LogP) is 3.71. The van der Waals surface area contributed by atoms with Gasteiger partial charge in [0.05, 0.1) is 11.3 Å². The number of H-pyrrole nitrogens is 1. The highest BCUT2D eigenvalue weighted by Gasteiger charge is 2.33. The van der Waals surface area contributed by atoms with Gasteiger partial charge in [-0.25, -0.2) is 0 Å². The van der Waals surface area contributed by atoms with Crippen LogP contribution in [0.5, 0.6) is 0 Å². The Morgan fingerprint density at radius 3 is 2.59 bits per heavy atom. The molecule has 2 aromatic rings. The van der Waals surface area contributed by atoms with Crippen molar-refractivity contribution >= 4 is 28.1 Å². The smallest absolute Gasteiger partial charge is 0.275 e. The van der Waals surface area contributed by atoms with Crippen LogP contribution in [0.1, 0.15) is 5.56 Å². The Morgan fingerprint density at radius 2 is 2.06 bits per heavy atom. The summed E-state index contributed by atoms with van der Waals surface area (Å²) < 4.78 is 39.6. The SMILES string of the molecule is FC(F)(F)c1cc(-n2cn[nH]c2=S)ccc1Br. The summed E-state index contributed by atoms with van der Waals surface area (Å²) >= 11 is 7.76. The second kappa shape index (κ2) is 4.26. The monoisotopic (exact) mass is 323 g/mol. The molecule has 0 aliphatic carbocycles. The van der Waals surface area contributed by atoms with Crippen molar-refractivity contribution in [3.8, 4) is 5.69 Å². The Balaban J connectivity index is 2.60. The van der Waals surface area contributed by atoms with Crippen molar-refractivity contribution in [2.24, 2.45) is 0 Å². The molecule has 8 heteroatoms. The Hall–Kier alpha value is -1.15. The number of benzene rings is 1. The number of nitrogens with zero attached hydrogens (tertiary/aromatic N) is 2. The zero-order valence-corrected chi connectivity index (χ0v) is 10.5. The van der Waals surface area contributed by atoms with E-state index in [4.69, 9.17) is 12.2 Å². The summed E-state index contributed by atoms with van der Waals surface area (Å²) in [5, 5.41) is 6.13. The van der Waals surface area contributed by atoms with Gasteiger partial charge in [0.2, 0.25) is 0 Å².